The van der Waals surface area contributed by atoms with Gasteiger partial charge in [0.2, 0.25) is 10.0 Å². The van der Waals surface area contributed by atoms with Crippen LogP contribution in [0.3, 0.4) is 0 Å². The van der Waals surface area contributed by atoms with E-state index in [4.69, 9.17) is 28.9 Å². The summed E-state index contributed by atoms with van der Waals surface area (Å²) in [7, 11) is -3.68. The van der Waals surface area contributed by atoms with Crippen molar-refractivity contribution in [3.63, 3.8) is 0 Å². The van der Waals surface area contributed by atoms with E-state index in [0.29, 0.717) is 11.4 Å². The third kappa shape index (κ3) is 3.82. The Hall–Kier alpha value is -0.330. The normalized spacial score (nSPS) is 13.6. The fraction of sp³-hybridized carbons (Fsp3) is 0.400. The van der Waals surface area contributed by atoms with Gasteiger partial charge in [-0.3, -0.25) is 0 Å². The van der Waals surface area contributed by atoms with E-state index in [1.165, 1.54) is 18.2 Å². The molecule has 0 spiro atoms. The SMILES string of the molecule is CCC(CN)NS(=O)(=O)c1cc(Cl)ccc1Cl. The third-order valence-corrected chi connectivity index (χ3v) is 4.52. The molecule has 0 aliphatic rings. The second kappa shape index (κ2) is 6.02. The maximum atomic E-state index is 12.0. The molecule has 1 aromatic carbocycles. The van der Waals surface area contributed by atoms with Gasteiger partial charge in [0.1, 0.15) is 4.90 Å². The van der Waals surface area contributed by atoms with Crippen LogP contribution in [0.15, 0.2) is 23.1 Å². The minimum atomic E-state index is -3.68. The van der Waals surface area contributed by atoms with Gasteiger partial charge in [-0.15, -0.1) is 0 Å². The van der Waals surface area contributed by atoms with Gasteiger partial charge >= 0.3 is 0 Å². The number of hydrogen-bond acceptors (Lipinski definition) is 3. The van der Waals surface area contributed by atoms with E-state index in [1.807, 2.05) is 6.92 Å². The summed E-state index contributed by atoms with van der Waals surface area (Å²) < 4.78 is 26.5. The molecule has 1 atom stereocenters. The molecule has 0 heterocycles. The van der Waals surface area contributed by atoms with E-state index in [-0.39, 0.29) is 22.5 Å². The van der Waals surface area contributed by atoms with Crippen molar-refractivity contribution in [1.82, 2.24) is 4.72 Å². The van der Waals surface area contributed by atoms with Crippen LogP contribution in [0, 0.1) is 0 Å². The Morgan fingerprint density at radius 3 is 2.59 bits per heavy atom. The topological polar surface area (TPSA) is 72.2 Å². The van der Waals surface area contributed by atoms with Crippen molar-refractivity contribution in [2.24, 2.45) is 5.73 Å². The van der Waals surface area contributed by atoms with Crippen molar-refractivity contribution in [3.05, 3.63) is 28.2 Å². The zero-order valence-electron chi connectivity index (χ0n) is 9.28. The monoisotopic (exact) mass is 296 g/mol. The van der Waals surface area contributed by atoms with Crippen LogP contribution < -0.4 is 10.5 Å². The average molecular weight is 297 g/mol. The highest BCUT2D eigenvalue weighted by Gasteiger charge is 2.21. The molecule has 0 radical (unpaired) electrons. The van der Waals surface area contributed by atoms with Crippen LogP contribution in [0.4, 0.5) is 0 Å². The lowest BCUT2D eigenvalue weighted by Crippen LogP contribution is -2.39. The molecule has 7 heteroatoms. The Kier molecular flexibility index (Phi) is 5.22. The third-order valence-electron chi connectivity index (χ3n) is 2.28. The minimum Gasteiger partial charge on any atom is -0.329 e. The van der Waals surface area contributed by atoms with Gasteiger partial charge in [-0.05, 0) is 24.6 Å². The smallest absolute Gasteiger partial charge is 0.242 e. The standard InChI is InChI=1S/C10H14Cl2N2O2S/c1-2-8(6-13)14-17(15,16)10-5-7(11)3-4-9(10)12/h3-5,8,14H,2,6,13H2,1H3. The number of sulfonamides is 1. The number of nitrogens with two attached hydrogens (primary N) is 1. The summed E-state index contributed by atoms with van der Waals surface area (Å²) in [5, 5.41) is 0.448. The molecule has 0 bridgehead atoms. The lowest BCUT2D eigenvalue weighted by molar-refractivity contribution is 0.542. The quantitative estimate of drug-likeness (QED) is 0.873. The first kappa shape index (κ1) is 14.7. The van der Waals surface area contributed by atoms with Gasteiger partial charge in [0, 0.05) is 17.6 Å². The Bertz CT molecular complexity index is 487. The summed E-state index contributed by atoms with van der Waals surface area (Å²) in [5.41, 5.74) is 5.45. The molecule has 0 saturated carbocycles. The Labute approximate surface area is 111 Å². The van der Waals surface area contributed by atoms with Crippen LogP contribution >= 0.6 is 23.2 Å². The first-order chi connectivity index (χ1) is 7.90. The van der Waals surface area contributed by atoms with E-state index >= 15 is 0 Å². The maximum absolute atomic E-state index is 12.0. The van der Waals surface area contributed by atoms with Crippen LogP contribution in [0.25, 0.3) is 0 Å². The Morgan fingerprint density at radius 1 is 1.41 bits per heavy atom. The lowest BCUT2D eigenvalue weighted by atomic mass is 10.2. The summed E-state index contributed by atoms with van der Waals surface area (Å²) in [4.78, 5) is -0.0291. The second-order valence-electron chi connectivity index (χ2n) is 3.54. The predicted molar refractivity (Wildman–Crippen MR) is 69.9 cm³/mol. The van der Waals surface area contributed by atoms with Crippen LogP contribution in [-0.4, -0.2) is 21.0 Å². The molecule has 4 nitrogen and oxygen atoms in total. The fourth-order valence-corrected chi connectivity index (χ4v) is 3.36. The molecule has 0 fully saturated rings. The molecule has 0 amide bonds. The summed E-state index contributed by atoms with van der Waals surface area (Å²) >= 11 is 11.6. The molecule has 96 valence electrons. The van der Waals surface area contributed by atoms with Gasteiger partial charge in [0.05, 0.1) is 5.02 Å². The number of rotatable bonds is 5. The van der Waals surface area contributed by atoms with Gasteiger partial charge < -0.3 is 5.73 Å². The molecule has 1 rings (SSSR count). The van der Waals surface area contributed by atoms with E-state index in [1.54, 1.807) is 0 Å². The Morgan fingerprint density at radius 2 is 2.06 bits per heavy atom. The van der Waals surface area contributed by atoms with E-state index in [2.05, 4.69) is 4.72 Å². The van der Waals surface area contributed by atoms with Gasteiger partial charge in [-0.2, -0.15) is 0 Å². The number of nitrogens with one attached hydrogen (secondary N) is 1. The zero-order valence-corrected chi connectivity index (χ0v) is 11.6. The van der Waals surface area contributed by atoms with Gasteiger partial charge in [0.15, 0.2) is 0 Å². The summed E-state index contributed by atoms with van der Waals surface area (Å²) in [6, 6.07) is 3.98. The highest BCUT2D eigenvalue weighted by Crippen LogP contribution is 2.25. The summed E-state index contributed by atoms with van der Waals surface area (Å²) in [6.45, 7) is 2.08. The zero-order chi connectivity index (χ0) is 13.1. The first-order valence-electron chi connectivity index (χ1n) is 5.08. The van der Waals surface area contributed by atoms with Crippen molar-refractivity contribution in [2.75, 3.05) is 6.54 Å². The predicted octanol–water partition coefficient (Wildman–Crippen LogP) is 2.01. The van der Waals surface area contributed by atoms with Gasteiger partial charge in [-0.1, -0.05) is 30.1 Å². The molecule has 1 aromatic rings. The Balaban J connectivity index is 3.09. The van der Waals surface area contributed by atoms with E-state index in [9.17, 15) is 8.42 Å². The molecule has 0 saturated heterocycles. The van der Waals surface area contributed by atoms with Crippen LogP contribution in [0.1, 0.15) is 13.3 Å². The average Bonchev–Trinajstić information content (AvgIpc) is 2.29. The first-order valence-corrected chi connectivity index (χ1v) is 7.32. The minimum absolute atomic E-state index is 0.0291. The molecule has 3 N–H and O–H groups in total. The van der Waals surface area contributed by atoms with Crippen LogP contribution in [-0.2, 0) is 10.0 Å². The maximum Gasteiger partial charge on any atom is 0.242 e. The second-order valence-corrected chi connectivity index (χ2v) is 6.06. The van der Waals surface area contributed by atoms with Crippen LogP contribution in [0.5, 0.6) is 0 Å². The van der Waals surface area contributed by atoms with Gasteiger partial charge in [-0.25, -0.2) is 13.1 Å². The van der Waals surface area contributed by atoms with Crippen LogP contribution in [0.2, 0.25) is 10.0 Å². The van der Waals surface area contributed by atoms with Gasteiger partial charge in [0.25, 0.3) is 0 Å². The molecule has 17 heavy (non-hydrogen) atoms. The molecule has 0 aliphatic heterocycles. The van der Waals surface area contributed by atoms with E-state index in [0.717, 1.165) is 0 Å². The molecular formula is C10H14Cl2N2O2S. The number of benzene rings is 1. The summed E-state index contributed by atoms with van der Waals surface area (Å²) in [6.07, 6.45) is 0.605. The summed E-state index contributed by atoms with van der Waals surface area (Å²) in [5.74, 6) is 0. The highest BCUT2D eigenvalue weighted by molar-refractivity contribution is 7.89. The molecule has 1 unspecified atom stereocenters. The lowest BCUT2D eigenvalue weighted by Gasteiger charge is -2.15. The van der Waals surface area contributed by atoms with Crippen molar-refractivity contribution in [1.29, 1.82) is 0 Å². The van der Waals surface area contributed by atoms with E-state index < -0.39 is 10.0 Å². The number of hydrogen-bond donors (Lipinski definition) is 2. The fourth-order valence-electron chi connectivity index (χ4n) is 1.26. The van der Waals surface area contributed by atoms with Crippen molar-refractivity contribution in [2.45, 2.75) is 24.3 Å². The largest absolute Gasteiger partial charge is 0.329 e. The molecular weight excluding hydrogens is 283 g/mol. The van der Waals surface area contributed by atoms with Crippen molar-refractivity contribution >= 4 is 33.2 Å². The van der Waals surface area contributed by atoms with Crippen molar-refractivity contribution in [3.8, 4) is 0 Å². The number of halogens is 2. The molecule has 0 aliphatic carbocycles. The molecule has 0 aromatic heterocycles. The highest BCUT2D eigenvalue weighted by atomic mass is 35.5. The van der Waals surface area contributed by atoms with Crippen molar-refractivity contribution < 1.29 is 8.42 Å².